The summed E-state index contributed by atoms with van der Waals surface area (Å²) in [4.78, 5) is 19.6. The lowest BCUT2D eigenvalue weighted by molar-refractivity contribution is 0.566. The molecule has 0 aliphatic rings. The summed E-state index contributed by atoms with van der Waals surface area (Å²) >= 11 is 0. The van der Waals surface area contributed by atoms with E-state index in [1.165, 1.54) is 10.9 Å². The second-order valence-electron chi connectivity index (χ2n) is 4.38. The minimum Gasteiger partial charge on any atom is -0.306 e. The average molecular weight is 258 g/mol. The van der Waals surface area contributed by atoms with Crippen molar-refractivity contribution in [2.45, 2.75) is 13.5 Å². The van der Waals surface area contributed by atoms with Gasteiger partial charge in [0.15, 0.2) is 0 Å². The Labute approximate surface area is 108 Å². The molecule has 0 radical (unpaired) electrons. The predicted octanol–water partition coefficient (Wildman–Crippen LogP) is 1.39. The van der Waals surface area contributed by atoms with Crippen LogP contribution in [-0.4, -0.2) is 18.9 Å². The molecule has 5 nitrogen and oxygen atoms in total. The van der Waals surface area contributed by atoms with Crippen molar-refractivity contribution in [1.29, 1.82) is 0 Å². The van der Waals surface area contributed by atoms with E-state index in [0.717, 1.165) is 17.4 Å². The summed E-state index contributed by atoms with van der Waals surface area (Å²) in [7, 11) is 0. The van der Waals surface area contributed by atoms with E-state index < -0.39 is 11.4 Å². The van der Waals surface area contributed by atoms with Gasteiger partial charge in [0, 0.05) is 12.4 Å². The minimum absolute atomic E-state index is 0.199. The van der Waals surface area contributed by atoms with Gasteiger partial charge in [0.2, 0.25) is 5.82 Å². The van der Waals surface area contributed by atoms with Crippen LogP contribution in [0.3, 0.4) is 0 Å². The Kier molecular flexibility index (Phi) is 2.63. The molecule has 96 valence electrons. The summed E-state index contributed by atoms with van der Waals surface area (Å²) in [5.74, 6) is -0.859. The highest BCUT2D eigenvalue weighted by Crippen LogP contribution is 2.07. The Morgan fingerprint density at radius 3 is 3.00 bits per heavy atom. The molecule has 0 N–H and O–H groups in total. The van der Waals surface area contributed by atoms with Gasteiger partial charge >= 0.3 is 0 Å². The molecule has 0 amide bonds. The van der Waals surface area contributed by atoms with Crippen molar-refractivity contribution in [3.8, 4) is 0 Å². The normalized spacial score (nSPS) is 11.1. The Morgan fingerprint density at radius 2 is 2.16 bits per heavy atom. The Bertz CT molecular complexity index is 806. The van der Waals surface area contributed by atoms with Gasteiger partial charge in [-0.2, -0.15) is 4.39 Å². The van der Waals surface area contributed by atoms with E-state index >= 15 is 0 Å². The van der Waals surface area contributed by atoms with Crippen molar-refractivity contribution < 1.29 is 4.39 Å². The van der Waals surface area contributed by atoms with Gasteiger partial charge in [-0.15, -0.1) is 0 Å². The van der Waals surface area contributed by atoms with E-state index in [9.17, 15) is 9.18 Å². The predicted molar refractivity (Wildman–Crippen MR) is 67.5 cm³/mol. The van der Waals surface area contributed by atoms with Crippen LogP contribution in [0.2, 0.25) is 0 Å². The summed E-state index contributed by atoms with van der Waals surface area (Å²) in [5, 5.41) is 0. The first-order chi connectivity index (χ1) is 9.13. The lowest BCUT2D eigenvalue weighted by Crippen LogP contribution is -2.23. The molecule has 0 bridgehead atoms. The first-order valence-corrected chi connectivity index (χ1v) is 5.78. The van der Waals surface area contributed by atoms with Crippen LogP contribution in [0.15, 0.2) is 41.8 Å². The number of halogens is 1. The third-order valence-electron chi connectivity index (χ3n) is 2.84. The second kappa shape index (κ2) is 4.31. The van der Waals surface area contributed by atoms with E-state index in [-0.39, 0.29) is 6.54 Å². The first-order valence-electron chi connectivity index (χ1n) is 5.78. The van der Waals surface area contributed by atoms with Crippen LogP contribution in [0.25, 0.3) is 5.65 Å². The summed E-state index contributed by atoms with van der Waals surface area (Å²) in [6.07, 6.45) is 5.98. The van der Waals surface area contributed by atoms with E-state index in [0.29, 0.717) is 5.69 Å². The number of fused-ring (bicyclic) bond motifs is 1. The zero-order valence-electron chi connectivity index (χ0n) is 10.2. The molecule has 0 saturated heterocycles. The molecular formula is C13H11FN4O. The molecule has 0 spiro atoms. The van der Waals surface area contributed by atoms with Crippen molar-refractivity contribution in [1.82, 2.24) is 18.9 Å². The lowest BCUT2D eigenvalue weighted by Gasteiger charge is -2.00. The van der Waals surface area contributed by atoms with Gasteiger partial charge in [0.05, 0.1) is 24.8 Å². The molecular weight excluding hydrogens is 247 g/mol. The van der Waals surface area contributed by atoms with Crippen molar-refractivity contribution in [2.75, 3.05) is 0 Å². The van der Waals surface area contributed by atoms with Gasteiger partial charge in [-0.05, 0) is 18.6 Å². The minimum atomic E-state index is -0.859. The topological polar surface area (TPSA) is 52.2 Å². The Morgan fingerprint density at radius 1 is 1.32 bits per heavy atom. The molecule has 3 rings (SSSR count). The maximum absolute atomic E-state index is 13.1. The lowest BCUT2D eigenvalue weighted by atomic mass is 10.3. The van der Waals surface area contributed by atoms with Crippen molar-refractivity contribution in [2.24, 2.45) is 0 Å². The summed E-state index contributed by atoms with van der Waals surface area (Å²) in [5.41, 5.74) is 1.89. The molecule has 3 aromatic rings. The number of imidazole rings is 1. The van der Waals surface area contributed by atoms with E-state index in [1.54, 1.807) is 0 Å². The quantitative estimate of drug-likeness (QED) is 0.698. The van der Waals surface area contributed by atoms with Crippen LogP contribution in [0, 0.1) is 12.7 Å². The van der Waals surface area contributed by atoms with E-state index in [4.69, 9.17) is 0 Å². The molecule has 0 aromatic carbocycles. The molecule has 3 heterocycles. The van der Waals surface area contributed by atoms with Gasteiger partial charge in [-0.1, -0.05) is 6.07 Å². The molecule has 0 fully saturated rings. The number of nitrogens with zero attached hydrogens (tertiary/aromatic N) is 4. The highest BCUT2D eigenvalue weighted by Gasteiger charge is 2.06. The van der Waals surface area contributed by atoms with Gasteiger partial charge in [-0.3, -0.25) is 9.36 Å². The number of pyridine rings is 1. The van der Waals surface area contributed by atoms with Crippen molar-refractivity contribution in [3.05, 3.63) is 64.5 Å². The SMILES string of the molecule is Cc1ccc2nc(Cn3cncc(F)c3=O)cn2c1. The third kappa shape index (κ3) is 2.12. The van der Waals surface area contributed by atoms with E-state index in [1.807, 2.05) is 35.9 Å². The Balaban J connectivity index is 2.01. The fraction of sp³-hybridized carbons (Fsp3) is 0.154. The largest absolute Gasteiger partial charge is 0.306 e. The average Bonchev–Trinajstić information content (AvgIpc) is 2.76. The highest BCUT2D eigenvalue weighted by atomic mass is 19.1. The first kappa shape index (κ1) is 11.6. The zero-order valence-corrected chi connectivity index (χ0v) is 10.2. The number of aryl methyl sites for hydroxylation is 1. The van der Waals surface area contributed by atoms with Crippen molar-refractivity contribution >= 4 is 5.65 Å². The van der Waals surface area contributed by atoms with Crippen molar-refractivity contribution in [3.63, 3.8) is 0 Å². The van der Waals surface area contributed by atoms with Crippen LogP contribution in [-0.2, 0) is 6.54 Å². The van der Waals surface area contributed by atoms with Gasteiger partial charge < -0.3 is 4.40 Å². The molecule has 0 aliphatic heterocycles. The number of aromatic nitrogens is 4. The molecule has 19 heavy (non-hydrogen) atoms. The number of hydrogen-bond acceptors (Lipinski definition) is 3. The zero-order chi connectivity index (χ0) is 13.4. The molecule has 0 saturated carbocycles. The monoisotopic (exact) mass is 258 g/mol. The van der Waals surface area contributed by atoms with Crippen LogP contribution in [0.4, 0.5) is 4.39 Å². The maximum atomic E-state index is 13.1. The van der Waals surface area contributed by atoms with Gasteiger partial charge in [0.1, 0.15) is 5.65 Å². The van der Waals surface area contributed by atoms with E-state index in [2.05, 4.69) is 9.97 Å². The molecule has 0 aliphatic carbocycles. The highest BCUT2D eigenvalue weighted by molar-refractivity contribution is 5.41. The molecule has 0 unspecified atom stereocenters. The number of hydrogen-bond donors (Lipinski definition) is 0. The fourth-order valence-corrected chi connectivity index (χ4v) is 1.94. The summed E-state index contributed by atoms with van der Waals surface area (Å²) < 4.78 is 16.2. The summed E-state index contributed by atoms with van der Waals surface area (Å²) in [6, 6.07) is 3.85. The van der Waals surface area contributed by atoms with Gasteiger partial charge in [0.25, 0.3) is 5.56 Å². The smallest absolute Gasteiger partial charge is 0.289 e. The van der Waals surface area contributed by atoms with Crippen LogP contribution in [0.1, 0.15) is 11.3 Å². The fourth-order valence-electron chi connectivity index (χ4n) is 1.94. The molecule has 6 heteroatoms. The van der Waals surface area contributed by atoms with Crippen LogP contribution < -0.4 is 5.56 Å². The van der Waals surface area contributed by atoms with Crippen LogP contribution >= 0.6 is 0 Å². The van der Waals surface area contributed by atoms with Crippen LogP contribution in [0.5, 0.6) is 0 Å². The Hall–Kier alpha value is -2.50. The second-order valence-corrected chi connectivity index (χ2v) is 4.38. The molecule has 3 aromatic heterocycles. The maximum Gasteiger partial charge on any atom is 0.289 e. The third-order valence-corrected chi connectivity index (χ3v) is 2.84. The summed E-state index contributed by atoms with van der Waals surface area (Å²) in [6.45, 7) is 2.18. The van der Waals surface area contributed by atoms with Gasteiger partial charge in [-0.25, -0.2) is 9.97 Å². The standard InChI is InChI=1S/C13H11FN4O/c1-9-2-3-12-16-10(6-17(12)5-9)7-18-8-15-4-11(14)13(18)19/h2-6,8H,7H2,1H3. The number of rotatable bonds is 2. The molecule has 0 atom stereocenters.